The average molecular weight is 383 g/mol. The fourth-order valence-corrected chi connectivity index (χ4v) is 4.37. The van der Waals surface area contributed by atoms with Gasteiger partial charge in [-0.2, -0.15) is 0 Å². The number of amidine groups is 1. The van der Waals surface area contributed by atoms with Gasteiger partial charge in [0.2, 0.25) is 0 Å². The van der Waals surface area contributed by atoms with Crippen LogP contribution in [0.25, 0.3) is 0 Å². The van der Waals surface area contributed by atoms with Crippen LogP contribution in [0.4, 0.5) is 15.8 Å². The van der Waals surface area contributed by atoms with Crippen LogP contribution in [0.1, 0.15) is 6.92 Å². The molecule has 2 aromatic carbocycles. The summed E-state index contributed by atoms with van der Waals surface area (Å²) in [4.78, 5) is 4.29. The van der Waals surface area contributed by atoms with E-state index in [-0.39, 0.29) is 9.72 Å². The Morgan fingerprint density at radius 2 is 1.77 bits per heavy atom. The van der Waals surface area contributed by atoms with Crippen molar-refractivity contribution in [1.82, 2.24) is 0 Å². The van der Waals surface area contributed by atoms with Crippen molar-refractivity contribution in [2.24, 2.45) is 4.99 Å². The van der Waals surface area contributed by atoms with Gasteiger partial charge in [0.15, 0.2) is 0 Å². The number of hydrogen-bond donors (Lipinski definition) is 0. The maximum atomic E-state index is 13.1. The second-order valence-electron chi connectivity index (χ2n) is 4.80. The van der Waals surface area contributed by atoms with Gasteiger partial charge in [-0.1, -0.05) is 28.1 Å². The maximum absolute atomic E-state index is 13.1. The number of aliphatic imine (C=N–C) groups is 1. The smallest absolute Gasteiger partial charge is 0.232 e. The number of benzene rings is 2. The first-order valence-corrected chi connectivity index (χ1v) is 8.89. The van der Waals surface area contributed by atoms with E-state index in [9.17, 15) is 12.8 Å². The molecule has 0 bridgehead atoms. The molecule has 0 radical (unpaired) electrons. The quantitative estimate of drug-likeness (QED) is 0.740. The van der Waals surface area contributed by atoms with Gasteiger partial charge in [-0.25, -0.2) is 22.1 Å². The van der Waals surface area contributed by atoms with Crippen LogP contribution in [0.2, 0.25) is 0 Å². The van der Waals surface area contributed by atoms with Crippen LogP contribution in [0.15, 0.2) is 58.4 Å². The third kappa shape index (κ3) is 2.44. The van der Waals surface area contributed by atoms with Crippen molar-refractivity contribution in [2.45, 2.75) is 16.6 Å². The van der Waals surface area contributed by atoms with Gasteiger partial charge in [-0.15, -0.1) is 0 Å². The molecule has 1 heterocycles. The average Bonchev–Trinajstić information content (AvgIpc) is 2.48. The molecular formula is C15H12BrFN2O2S. The largest absolute Gasteiger partial charge is 0.271 e. The standard InChI is InChI=1S/C15H12BrFN2O2S/c1-10(16)15-18-13-4-2-3-5-14(13)22(20,21)19(15)12-8-6-11(17)7-9-12/h2-10H,1H3. The van der Waals surface area contributed by atoms with E-state index in [1.165, 1.54) is 30.3 Å². The molecule has 3 rings (SSSR count). The molecule has 0 aliphatic carbocycles. The molecular weight excluding hydrogens is 371 g/mol. The number of halogens is 2. The van der Waals surface area contributed by atoms with Crippen molar-refractivity contribution >= 4 is 43.2 Å². The summed E-state index contributed by atoms with van der Waals surface area (Å²) in [7, 11) is -3.79. The van der Waals surface area contributed by atoms with Crippen molar-refractivity contribution in [1.29, 1.82) is 0 Å². The Labute approximate surface area is 136 Å². The summed E-state index contributed by atoms with van der Waals surface area (Å²) < 4.78 is 40.2. The van der Waals surface area contributed by atoms with E-state index in [2.05, 4.69) is 20.9 Å². The predicted molar refractivity (Wildman–Crippen MR) is 88.0 cm³/mol. The van der Waals surface area contributed by atoms with Crippen LogP contribution in [0.5, 0.6) is 0 Å². The molecule has 0 amide bonds. The summed E-state index contributed by atoms with van der Waals surface area (Å²) >= 11 is 3.38. The molecule has 1 aliphatic rings. The Bertz CT molecular complexity index is 848. The van der Waals surface area contributed by atoms with Crippen LogP contribution >= 0.6 is 15.9 Å². The van der Waals surface area contributed by atoms with E-state index < -0.39 is 15.8 Å². The first kappa shape index (κ1) is 15.2. The SMILES string of the molecule is CC(Br)C1=Nc2ccccc2S(=O)(=O)N1c1ccc(F)cc1. The van der Waals surface area contributed by atoms with E-state index in [4.69, 9.17) is 0 Å². The minimum atomic E-state index is -3.79. The molecule has 0 fully saturated rings. The van der Waals surface area contributed by atoms with E-state index in [0.717, 1.165) is 4.31 Å². The van der Waals surface area contributed by atoms with Gasteiger partial charge in [-0.05, 0) is 43.3 Å². The molecule has 0 saturated heterocycles. The molecule has 22 heavy (non-hydrogen) atoms. The number of fused-ring (bicyclic) bond motifs is 1. The highest BCUT2D eigenvalue weighted by Gasteiger charge is 2.36. The van der Waals surface area contributed by atoms with Gasteiger partial charge in [0.05, 0.1) is 16.2 Å². The number of hydrogen-bond acceptors (Lipinski definition) is 3. The lowest BCUT2D eigenvalue weighted by molar-refractivity contribution is 0.596. The molecule has 1 aliphatic heterocycles. The Morgan fingerprint density at radius 3 is 2.41 bits per heavy atom. The highest BCUT2D eigenvalue weighted by atomic mass is 79.9. The summed E-state index contributed by atoms with van der Waals surface area (Å²) in [6.07, 6.45) is 0. The highest BCUT2D eigenvalue weighted by Crippen LogP contribution is 2.36. The number of alkyl halides is 1. The summed E-state index contributed by atoms with van der Waals surface area (Å²) in [5, 5.41) is 0. The van der Waals surface area contributed by atoms with Crippen LogP contribution < -0.4 is 4.31 Å². The monoisotopic (exact) mass is 382 g/mol. The molecule has 0 spiro atoms. The Hall–Kier alpha value is -1.73. The van der Waals surface area contributed by atoms with E-state index >= 15 is 0 Å². The van der Waals surface area contributed by atoms with Crippen LogP contribution in [0, 0.1) is 5.82 Å². The van der Waals surface area contributed by atoms with Crippen LogP contribution in [0.3, 0.4) is 0 Å². The number of sulfonamides is 1. The molecule has 0 saturated carbocycles. The molecule has 1 unspecified atom stereocenters. The van der Waals surface area contributed by atoms with Gasteiger partial charge in [0.25, 0.3) is 10.0 Å². The van der Waals surface area contributed by atoms with Crippen LogP contribution in [-0.2, 0) is 10.0 Å². The normalized spacial score (nSPS) is 17.6. The number of rotatable bonds is 2. The lowest BCUT2D eigenvalue weighted by atomic mass is 10.3. The van der Waals surface area contributed by atoms with Gasteiger partial charge < -0.3 is 0 Å². The zero-order valence-corrected chi connectivity index (χ0v) is 14.0. The van der Waals surface area contributed by atoms with Crippen molar-refractivity contribution in [3.05, 3.63) is 54.3 Å². The van der Waals surface area contributed by atoms with Crippen molar-refractivity contribution in [3.63, 3.8) is 0 Å². The molecule has 0 N–H and O–H groups in total. The van der Waals surface area contributed by atoms with Gasteiger partial charge >= 0.3 is 0 Å². The van der Waals surface area contributed by atoms with E-state index in [0.29, 0.717) is 17.2 Å². The third-order valence-corrected chi connectivity index (χ3v) is 5.43. The molecule has 1 atom stereocenters. The van der Waals surface area contributed by atoms with Gasteiger partial charge in [0.1, 0.15) is 16.5 Å². The molecule has 0 aromatic heterocycles. The Balaban J connectivity index is 2.26. The predicted octanol–water partition coefficient (Wildman–Crippen LogP) is 3.85. The fourth-order valence-electron chi connectivity index (χ4n) is 2.26. The van der Waals surface area contributed by atoms with Crippen molar-refractivity contribution in [3.8, 4) is 0 Å². The Kier molecular flexibility index (Phi) is 3.78. The second kappa shape index (κ2) is 5.48. The topological polar surface area (TPSA) is 49.7 Å². The summed E-state index contributed by atoms with van der Waals surface area (Å²) in [5.74, 6) is -0.0887. The molecule has 114 valence electrons. The molecule has 4 nitrogen and oxygen atoms in total. The zero-order valence-electron chi connectivity index (χ0n) is 11.6. The van der Waals surface area contributed by atoms with E-state index in [1.807, 2.05) is 0 Å². The summed E-state index contributed by atoms with van der Waals surface area (Å²) in [6.45, 7) is 1.79. The summed E-state index contributed by atoms with van der Waals surface area (Å²) in [5.41, 5.74) is 0.753. The Morgan fingerprint density at radius 1 is 1.14 bits per heavy atom. The third-order valence-electron chi connectivity index (χ3n) is 3.24. The van der Waals surface area contributed by atoms with Gasteiger partial charge in [0, 0.05) is 0 Å². The summed E-state index contributed by atoms with van der Waals surface area (Å²) in [6, 6.07) is 11.9. The first-order chi connectivity index (χ1) is 10.4. The number of nitrogens with zero attached hydrogens (tertiary/aromatic N) is 2. The minimum Gasteiger partial charge on any atom is -0.232 e. The highest BCUT2D eigenvalue weighted by molar-refractivity contribution is 9.10. The second-order valence-corrected chi connectivity index (χ2v) is 7.93. The maximum Gasteiger partial charge on any atom is 0.271 e. The first-order valence-electron chi connectivity index (χ1n) is 6.54. The lowest BCUT2D eigenvalue weighted by Crippen LogP contribution is -2.42. The number of para-hydroxylation sites is 1. The van der Waals surface area contributed by atoms with Crippen LogP contribution in [-0.4, -0.2) is 19.1 Å². The lowest BCUT2D eigenvalue weighted by Gasteiger charge is -2.31. The number of anilines is 1. The van der Waals surface area contributed by atoms with E-state index in [1.54, 1.807) is 25.1 Å². The van der Waals surface area contributed by atoms with Crippen molar-refractivity contribution in [2.75, 3.05) is 4.31 Å². The molecule has 2 aromatic rings. The fraction of sp³-hybridized carbons (Fsp3) is 0.133. The minimum absolute atomic E-state index is 0.135. The molecule has 7 heteroatoms. The van der Waals surface area contributed by atoms with Crippen molar-refractivity contribution < 1.29 is 12.8 Å². The zero-order chi connectivity index (χ0) is 15.9. The van der Waals surface area contributed by atoms with Gasteiger partial charge in [-0.3, -0.25) is 0 Å².